The molecular weight excluding hydrogens is 288 g/mol. The summed E-state index contributed by atoms with van der Waals surface area (Å²) in [6, 6.07) is 6.12. The van der Waals surface area contributed by atoms with Crippen molar-refractivity contribution in [1.82, 2.24) is 19.4 Å². The summed E-state index contributed by atoms with van der Waals surface area (Å²) in [7, 11) is 0. The van der Waals surface area contributed by atoms with E-state index in [1.807, 2.05) is 18.6 Å². The molecule has 23 heavy (non-hydrogen) atoms. The number of ether oxygens (including phenoxy) is 1. The van der Waals surface area contributed by atoms with E-state index in [0.29, 0.717) is 6.61 Å². The molecule has 2 aromatic heterocycles. The van der Waals surface area contributed by atoms with Crippen molar-refractivity contribution >= 4 is 0 Å². The number of aryl methyl sites for hydroxylation is 1. The smallest absolute Gasteiger partial charge is 0.0953 e. The zero-order chi connectivity index (χ0) is 15.5. The van der Waals surface area contributed by atoms with Crippen LogP contribution in [0.15, 0.2) is 30.7 Å². The van der Waals surface area contributed by atoms with Gasteiger partial charge < -0.3 is 9.30 Å². The van der Waals surface area contributed by atoms with E-state index >= 15 is 0 Å². The highest BCUT2D eigenvalue weighted by atomic mass is 16.5. The van der Waals surface area contributed by atoms with Gasteiger partial charge in [0.2, 0.25) is 0 Å². The molecular formula is C18H24N4O. The lowest BCUT2D eigenvalue weighted by Gasteiger charge is -2.19. The van der Waals surface area contributed by atoms with Gasteiger partial charge in [-0.1, -0.05) is 6.07 Å². The molecule has 1 saturated carbocycles. The summed E-state index contributed by atoms with van der Waals surface area (Å²) < 4.78 is 8.16. The van der Waals surface area contributed by atoms with E-state index in [2.05, 4.69) is 31.6 Å². The Morgan fingerprint density at radius 2 is 2.13 bits per heavy atom. The van der Waals surface area contributed by atoms with Crippen LogP contribution in [0, 0.1) is 5.92 Å². The monoisotopic (exact) mass is 312 g/mol. The van der Waals surface area contributed by atoms with Gasteiger partial charge in [0.05, 0.1) is 30.0 Å². The van der Waals surface area contributed by atoms with E-state index in [-0.39, 0.29) is 0 Å². The van der Waals surface area contributed by atoms with Crippen LogP contribution in [-0.2, 0) is 31.0 Å². The lowest BCUT2D eigenvalue weighted by molar-refractivity contribution is 0.107. The third-order valence-electron chi connectivity index (χ3n) is 4.68. The first-order valence-electron chi connectivity index (χ1n) is 8.61. The summed E-state index contributed by atoms with van der Waals surface area (Å²) in [5.74, 6) is 0.803. The maximum atomic E-state index is 5.86. The zero-order valence-corrected chi connectivity index (χ0v) is 13.5. The lowest BCUT2D eigenvalue weighted by Crippen LogP contribution is -2.24. The topological polar surface area (TPSA) is 43.2 Å². The van der Waals surface area contributed by atoms with Crippen molar-refractivity contribution in [3.05, 3.63) is 47.8 Å². The Morgan fingerprint density at radius 1 is 1.17 bits per heavy atom. The van der Waals surface area contributed by atoms with Crippen molar-refractivity contribution in [2.45, 2.75) is 45.5 Å². The van der Waals surface area contributed by atoms with Gasteiger partial charge in [0.1, 0.15) is 0 Å². The number of fused-ring (bicyclic) bond motifs is 1. The summed E-state index contributed by atoms with van der Waals surface area (Å²) >= 11 is 0. The standard InChI is InChI=1S/C18H24N4O/c1-2-7-19-16(4-1)10-21-8-3-9-22-14-20-17(18(22)11-21)13-23-12-15-5-6-15/h1-2,4,7,14-15H,3,5-6,8-13H2. The predicted molar refractivity (Wildman–Crippen MR) is 87.6 cm³/mol. The Labute approximate surface area is 137 Å². The third-order valence-corrected chi connectivity index (χ3v) is 4.68. The van der Waals surface area contributed by atoms with Crippen LogP contribution in [-0.4, -0.2) is 32.6 Å². The molecule has 0 unspecified atom stereocenters. The Balaban J connectivity index is 1.42. The van der Waals surface area contributed by atoms with Gasteiger partial charge in [0, 0.05) is 39.0 Å². The minimum atomic E-state index is 0.649. The van der Waals surface area contributed by atoms with Crippen LogP contribution in [0.25, 0.3) is 0 Å². The molecule has 0 radical (unpaired) electrons. The van der Waals surface area contributed by atoms with Crippen LogP contribution >= 0.6 is 0 Å². The van der Waals surface area contributed by atoms with Gasteiger partial charge >= 0.3 is 0 Å². The fourth-order valence-corrected chi connectivity index (χ4v) is 3.16. The first-order chi connectivity index (χ1) is 11.4. The van der Waals surface area contributed by atoms with Gasteiger partial charge in [0.25, 0.3) is 0 Å². The molecule has 122 valence electrons. The Hall–Kier alpha value is -1.72. The molecule has 2 aliphatic rings. The molecule has 0 saturated heterocycles. The minimum Gasteiger partial charge on any atom is -0.375 e. The molecule has 0 spiro atoms. The maximum absolute atomic E-state index is 5.86. The number of imidazole rings is 1. The molecule has 5 nitrogen and oxygen atoms in total. The minimum absolute atomic E-state index is 0.649. The first-order valence-corrected chi connectivity index (χ1v) is 8.61. The number of pyridine rings is 1. The number of hydrogen-bond acceptors (Lipinski definition) is 4. The second kappa shape index (κ2) is 6.81. The molecule has 0 atom stereocenters. The molecule has 0 aromatic carbocycles. The number of aromatic nitrogens is 3. The van der Waals surface area contributed by atoms with Crippen LogP contribution in [0.5, 0.6) is 0 Å². The molecule has 1 fully saturated rings. The molecule has 1 aliphatic carbocycles. The molecule has 5 heteroatoms. The van der Waals surface area contributed by atoms with E-state index in [1.54, 1.807) is 0 Å². The van der Waals surface area contributed by atoms with E-state index in [9.17, 15) is 0 Å². The van der Waals surface area contributed by atoms with E-state index in [1.165, 1.54) is 18.5 Å². The quantitative estimate of drug-likeness (QED) is 0.822. The Bertz CT molecular complexity index is 636. The van der Waals surface area contributed by atoms with E-state index < -0.39 is 0 Å². The molecule has 1 aliphatic heterocycles. The number of nitrogens with zero attached hydrogens (tertiary/aromatic N) is 4. The lowest BCUT2D eigenvalue weighted by atomic mass is 10.2. The fraction of sp³-hybridized carbons (Fsp3) is 0.556. The van der Waals surface area contributed by atoms with Crippen LogP contribution < -0.4 is 0 Å². The van der Waals surface area contributed by atoms with Crippen molar-refractivity contribution in [3.63, 3.8) is 0 Å². The summed E-state index contributed by atoms with van der Waals surface area (Å²) in [5, 5.41) is 0. The molecule has 3 heterocycles. The molecule has 2 aromatic rings. The Morgan fingerprint density at radius 3 is 2.96 bits per heavy atom. The fourth-order valence-electron chi connectivity index (χ4n) is 3.16. The van der Waals surface area contributed by atoms with Crippen molar-refractivity contribution < 1.29 is 4.74 Å². The summed E-state index contributed by atoms with van der Waals surface area (Å²) in [5.41, 5.74) is 3.56. The highest BCUT2D eigenvalue weighted by molar-refractivity contribution is 5.14. The van der Waals surface area contributed by atoms with Crippen LogP contribution in [0.2, 0.25) is 0 Å². The molecule has 0 amide bonds. The van der Waals surface area contributed by atoms with Crippen LogP contribution in [0.3, 0.4) is 0 Å². The van der Waals surface area contributed by atoms with E-state index in [4.69, 9.17) is 4.74 Å². The van der Waals surface area contributed by atoms with Gasteiger partial charge in [0.15, 0.2) is 0 Å². The summed E-state index contributed by atoms with van der Waals surface area (Å²) in [6.07, 6.45) is 7.67. The zero-order valence-electron chi connectivity index (χ0n) is 13.5. The van der Waals surface area contributed by atoms with Crippen LogP contribution in [0.4, 0.5) is 0 Å². The van der Waals surface area contributed by atoms with Crippen molar-refractivity contribution in [1.29, 1.82) is 0 Å². The highest BCUT2D eigenvalue weighted by Gasteiger charge is 2.23. The molecule has 4 rings (SSSR count). The molecule has 0 bridgehead atoms. The van der Waals surface area contributed by atoms with Gasteiger partial charge in [-0.05, 0) is 37.3 Å². The van der Waals surface area contributed by atoms with Crippen LogP contribution in [0.1, 0.15) is 36.3 Å². The number of rotatable bonds is 6. The largest absolute Gasteiger partial charge is 0.375 e. The maximum Gasteiger partial charge on any atom is 0.0953 e. The van der Waals surface area contributed by atoms with Gasteiger partial charge in [-0.3, -0.25) is 9.88 Å². The second-order valence-electron chi connectivity index (χ2n) is 6.68. The average molecular weight is 312 g/mol. The first kappa shape index (κ1) is 14.8. The van der Waals surface area contributed by atoms with Crippen molar-refractivity contribution in [3.8, 4) is 0 Å². The van der Waals surface area contributed by atoms with Gasteiger partial charge in [-0.15, -0.1) is 0 Å². The van der Waals surface area contributed by atoms with Gasteiger partial charge in [-0.2, -0.15) is 0 Å². The number of hydrogen-bond donors (Lipinski definition) is 0. The van der Waals surface area contributed by atoms with E-state index in [0.717, 1.165) is 56.5 Å². The summed E-state index contributed by atoms with van der Waals surface area (Å²) in [4.78, 5) is 11.5. The average Bonchev–Trinajstić information content (AvgIpc) is 3.35. The molecule has 0 N–H and O–H groups in total. The SMILES string of the molecule is c1ccc(CN2CCCn3cnc(COCC4CC4)c3C2)nc1. The second-order valence-corrected chi connectivity index (χ2v) is 6.68. The predicted octanol–water partition coefficient (Wildman–Crippen LogP) is 2.61. The highest BCUT2D eigenvalue weighted by Crippen LogP contribution is 2.29. The van der Waals surface area contributed by atoms with Crippen molar-refractivity contribution in [2.75, 3.05) is 13.2 Å². The third kappa shape index (κ3) is 3.79. The van der Waals surface area contributed by atoms with Crippen molar-refractivity contribution in [2.24, 2.45) is 5.92 Å². The summed E-state index contributed by atoms with van der Waals surface area (Å²) in [6.45, 7) is 5.51. The normalized spacial score (nSPS) is 18.6. The Kier molecular flexibility index (Phi) is 4.39. The van der Waals surface area contributed by atoms with Gasteiger partial charge in [-0.25, -0.2) is 4.98 Å².